The summed E-state index contributed by atoms with van der Waals surface area (Å²) in [6, 6.07) is 26.3. The van der Waals surface area contributed by atoms with Gasteiger partial charge in [-0.1, -0.05) is 12.2 Å². The SMILES string of the molecule is CO.Cc1cc(-c2nc3c(s2)C(O)CCC3)ccc1N.Cc1cc(-c2nc3c(s2)C(O)CCC3)ccc1N(C)C.Cc1cc(-c2nc3c(s2)C(O)CCC3)ccc1[N+](=O)[O-].Cc1cc(C(N)=S)ccc1[N+](=O)[O-].O=C1CCCC2OC12.[C-]#[N+]c1ccc([N+](=O)[O-])c(C)c1. The molecule has 4 aliphatic carbocycles. The minimum absolute atomic E-state index is 0.0312. The van der Waals surface area contributed by atoms with Crippen LogP contribution in [-0.4, -0.2) is 94.3 Å². The molecule has 5 atom stereocenters. The number of ketones is 1. The van der Waals surface area contributed by atoms with Gasteiger partial charge in [0.05, 0.1) is 77.5 Å². The number of thiocarbonyl (C=S) groups is 1. The molecule has 0 amide bonds. The molecule has 8 aromatic rings. The van der Waals surface area contributed by atoms with Crippen LogP contribution in [0.5, 0.6) is 0 Å². The zero-order valence-corrected chi connectivity index (χ0v) is 56.2. The Bertz CT molecular complexity index is 4070. The minimum atomic E-state index is -0.455. The molecule has 0 spiro atoms. The first-order chi connectivity index (χ1) is 44.3. The largest absolute Gasteiger partial charge is 0.400 e. The molecule has 93 heavy (non-hydrogen) atoms. The highest BCUT2D eigenvalue weighted by Crippen LogP contribution is 2.42. The number of nitrogen functional groups attached to an aromatic ring is 1. The molecule has 22 nitrogen and oxygen atoms in total. The van der Waals surface area contributed by atoms with Gasteiger partial charge in [0.15, 0.2) is 11.5 Å². The summed E-state index contributed by atoms with van der Waals surface area (Å²) in [4.78, 5) is 63.6. The monoisotopic (exact) mass is 1340 g/mol. The van der Waals surface area contributed by atoms with Gasteiger partial charge in [-0.25, -0.2) is 19.8 Å². The Labute approximate surface area is 556 Å². The first-order valence-electron chi connectivity index (χ1n) is 30.1. The maximum atomic E-state index is 10.8. The maximum absolute atomic E-state index is 10.8. The summed E-state index contributed by atoms with van der Waals surface area (Å²) in [5, 5.41) is 71.5. The van der Waals surface area contributed by atoms with E-state index < -0.39 is 16.0 Å². The van der Waals surface area contributed by atoms with Crippen LogP contribution in [0.1, 0.15) is 141 Å². The van der Waals surface area contributed by atoms with Crippen LogP contribution < -0.4 is 16.4 Å². The molecule has 5 unspecified atom stereocenters. The van der Waals surface area contributed by atoms with Gasteiger partial charge in [0.2, 0.25) is 0 Å². The van der Waals surface area contributed by atoms with Crippen LogP contribution in [0.15, 0.2) is 91.0 Å². The minimum Gasteiger partial charge on any atom is -0.400 e. The number of aromatic nitrogens is 3. The lowest BCUT2D eigenvalue weighted by atomic mass is 10.00. The predicted molar refractivity (Wildman–Crippen MR) is 369 cm³/mol. The molecule has 5 aromatic carbocycles. The Morgan fingerprint density at radius 3 is 1.35 bits per heavy atom. The lowest BCUT2D eigenvalue weighted by molar-refractivity contribution is -0.385. The van der Waals surface area contributed by atoms with Crippen molar-refractivity contribution in [3.63, 3.8) is 0 Å². The van der Waals surface area contributed by atoms with Crippen molar-refractivity contribution in [1.29, 1.82) is 0 Å². The Morgan fingerprint density at radius 1 is 0.591 bits per heavy atom. The van der Waals surface area contributed by atoms with E-state index in [1.54, 1.807) is 67.7 Å². The van der Waals surface area contributed by atoms with Crippen LogP contribution in [0, 0.1) is 71.5 Å². The first kappa shape index (κ1) is 72.1. The van der Waals surface area contributed by atoms with Gasteiger partial charge in [-0.3, -0.25) is 35.1 Å². The molecule has 1 saturated heterocycles. The maximum Gasteiger partial charge on any atom is 0.272 e. The first-order valence-corrected chi connectivity index (χ1v) is 32.9. The second-order valence-electron chi connectivity index (χ2n) is 22.9. The number of hydrogen-bond donors (Lipinski definition) is 6. The third-order valence-corrected chi connectivity index (χ3v) is 19.8. The fourth-order valence-electron chi connectivity index (χ4n) is 10.8. The number of ether oxygens (including phenoxy) is 1. The van der Waals surface area contributed by atoms with Crippen LogP contribution in [-0.2, 0) is 28.8 Å². The van der Waals surface area contributed by atoms with Crippen molar-refractivity contribution in [2.24, 2.45) is 5.73 Å². The Balaban J connectivity index is 0.000000160. The average Bonchev–Trinajstić information content (AvgIpc) is 1.79. The summed E-state index contributed by atoms with van der Waals surface area (Å²) >= 11 is 9.48. The van der Waals surface area contributed by atoms with Gasteiger partial charge in [-0.2, -0.15) is 0 Å². The molecule has 8 N–H and O–H groups in total. The van der Waals surface area contributed by atoms with Gasteiger partial charge in [-0.05, 0) is 189 Å². The van der Waals surface area contributed by atoms with E-state index in [1.807, 2.05) is 19.1 Å². The zero-order chi connectivity index (χ0) is 68.0. The highest BCUT2D eigenvalue weighted by molar-refractivity contribution is 7.80. The zero-order valence-electron chi connectivity index (χ0n) is 53.0. The number of fused-ring (bicyclic) bond motifs is 4. The number of benzene rings is 5. The normalized spacial score (nSPS) is 17.6. The molecule has 3 aromatic heterocycles. The van der Waals surface area contributed by atoms with E-state index in [0.717, 1.165) is 159 Å². The number of nitro benzene ring substituents is 3. The van der Waals surface area contributed by atoms with Crippen molar-refractivity contribution in [2.45, 2.75) is 142 Å². The highest BCUT2D eigenvalue weighted by atomic mass is 32.1. The highest BCUT2D eigenvalue weighted by Gasteiger charge is 2.46. The van der Waals surface area contributed by atoms with Crippen molar-refractivity contribution in [1.82, 2.24) is 15.0 Å². The number of aliphatic hydroxyl groups excluding tert-OH is 4. The molecular weight excluding hydrogens is 1270 g/mol. The van der Waals surface area contributed by atoms with E-state index in [0.29, 0.717) is 39.8 Å². The Kier molecular flexibility index (Phi) is 25.5. The second kappa shape index (κ2) is 33.0. The number of epoxide rings is 1. The smallest absolute Gasteiger partial charge is 0.272 e. The molecular formula is C67H76N10O12S4. The van der Waals surface area contributed by atoms with Gasteiger partial charge in [0.25, 0.3) is 17.1 Å². The number of aryl methyl sites for hydroxylation is 8. The topological polar surface area (TPSA) is 338 Å². The summed E-state index contributed by atoms with van der Waals surface area (Å²) < 4.78 is 5.04. The quantitative estimate of drug-likeness (QED) is 0.0205. The molecule has 0 radical (unpaired) electrons. The third-order valence-electron chi connectivity index (χ3n) is 15.8. The molecule has 4 heterocycles. The predicted octanol–water partition coefficient (Wildman–Crippen LogP) is 14.1. The van der Waals surface area contributed by atoms with Crippen LogP contribution in [0.4, 0.5) is 34.1 Å². The molecule has 490 valence electrons. The number of carbonyl (C=O) groups is 1. The summed E-state index contributed by atoms with van der Waals surface area (Å²) in [6.45, 7) is 15.8. The van der Waals surface area contributed by atoms with Crippen molar-refractivity contribution < 1.29 is 44.7 Å². The van der Waals surface area contributed by atoms with E-state index in [-0.39, 0.29) is 45.3 Å². The van der Waals surface area contributed by atoms with E-state index >= 15 is 0 Å². The number of aliphatic hydroxyl groups is 4. The van der Waals surface area contributed by atoms with E-state index in [9.17, 15) is 50.5 Å². The van der Waals surface area contributed by atoms with Crippen molar-refractivity contribution in [3.05, 3.63) is 198 Å². The molecule has 2 fully saturated rings. The Hall–Kier alpha value is -8.36. The number of anilines is 2. The standard InChI is InChI=1S/C16H20N2OS.C14H14N2O3S.C14H16N2OS.C8H8N2O2S.C8H6N2O2.C6H8O2.CH4O/c1-10-9-11(7-8-13(10)18(2)3)16-17-12-5-4-6-14(19)15(12)20-16;1-8-7-9(5-6-11(8)16(18)19)14-15-10-3-2-4-12(17)13(10)20-14;1-8-7-9(5-6-10(8)15)14-16-11-3-2-4-12(17)13(11)18-14;1-5-4-6(8(9)13)2-3-7(5)10(11)12;1-6-5-7(9-2)3-4-8(6)10(11)12;7-4-2-1-3-5-6(4)8-5;1-2/h7-9,14,19H,4-6H2,1-3H3;5-7,12,17H,2-4H2,1H3;5-7,12,17H,2-4,15H2,1H3;2-4H,1H3,(H2,9,13);3-5H,1H3;5-6H,1-3H2;2H,1H3. The second-order valence-corrected chi connectivity index (χ2v) is 26.4. The van der Waals surface area contributed by atoms with Gasteiger partial charge in [-0.15, -0.1) is 34.0 Å². The van der Waals surface area contributed by atoms with Crippen LogP contribution in [0.3, 0.4) is 0 Å². The van der Waals surface area contributed by atoms with Gasteiger partial charge >= 0.3 is 0 Å². The number of hydrogen-bond acceptors (Lipinski definition) is 21. The van der Waals surface area contributed by atoms with E-state index in [1.165, 1.54) is 52.9 Å². The van der Waals surface area contributed by atoms with Crippen molar-refractivity contribution in [3.8, 4) is 31.7 Å². The number of nitrogens with two attached hydrogens (primary N) is 2. The third kappa shape index (κ3) is 18.7. The number of nitrogens with zero attached hydrogens (tertiary/aromatic N) is 8. The number of carbonyl (C=O) groups excluding carboxylic acids is 1. The van der Waals surface area contributed by atoms with Gasteiger partial charge in [0.1, 0.15) is 26.1 Å². The fraction of sp³-hybridized carbons (Fsp3) is 0.373. The molecule has 13 rings (SSSR count). The number of thiazole rings is 3. The van der Waals surface area contributed by atoms with Gasteiger partial charge < -0.3 is 41.5 Å². The summed E-state index contributed by atoms with van der Waals surface area (Å²) in [7, 11) is 5.11. The summed E-state index contributed by atoms with van der Waals surface area (Å²) in [5.74, 6) is 0.321. The molecule has 1 saturated carbocycles. The fourth-order valence-corrected chi connectivity index (χ4v) is 14.4. The van der Waals surface area contributed by atoms with Crippen molar-refractivity contribution >= 4 is 91.1 Å². The number of rotatable bonds is 8. The van der Waals surface area contributed by atoms with E-state index in [4.69, 9.17) is 45.1 Å². The lowest BCUT2D eigenvalue weighted by Crippen LogP contribution is -2.14. The van der Waals surface area contributed by atoms with Crippen LogP contribution in [0.25, 0.3) is 36.6 Å². The van der Waals surface area contributed by atoms with E-state index in [2.05, 4.69) is 65.0 Å². The molecule has 0 bridgehead atoms. The summed E-state index contributed by atoms with van der Waals surface area (Å²) in [6.07, 6.45) is 10.6. The Morgan fingerprint density at radius 2 is 0.989 bits per heavy atom. The van der Waals surface area contributed by atoms with Gasteiger partial charge in [0, 0.05) is 96.1 Å². The van der Waals surface area contributed by atoms with Crippen LogP contribution >= 0.6 is 46.2 Å². The van der Waals surface area contributed by atoms with Crippen LogP contribution in [0.2, 0.25) is 0 Å². The molecule has 5 aliphatic rings. The van der Waals surface area contributed by atoms with Crippen molar-refractivity contribution in [2.75, 3.05) is 31.8 Å². The lowest BCUT2D eigenvalue weighted by Gasteiger charge is -2.15. The number of nitro groups is 3. The summed E-state index contributed by atoms with van der Waals surface area (Å²) in [5.41, 5.74) is 24.9. The average molecular weight is 1340 g/mol. The molecule has 26 heteroatoms. The number of Topliss-reactive ketones (excluding diaryl/α,β-unsaturated/α-hetero) is 1. The molecule has 1 aliphatic heterocycles.